The van der Waals surface area contributed by atoms with E-state index in [9.17, 15) is 9.59 Å². The summed E-state index contributed by atoms with van der Waals surface area (Å²) in [5, 5.41) is 2.68. The highest BCUT2D eigenvalue weighted by Gasteiger charge is 2.06. The molecule has 0 unspecified atom stereocenters. The minimum atomic E-state index is -0.302. The minimum Gasteiger partial charge on any atom is -0.497 e. The van der Waals surface area contributed by atoms with Gasteiger partial charge in [0.2, 0.25) is 5.91 Å². The molecule has 0 aliphatic rings. The second-order valence-electron chi connectivity index (χ2n) is 3.93. The fraction of sp³-hybridized carbons (Fsp3) is 0.429. The molecule has 1 aromatic rings. The van der Waals surface area contributed by atoms with Gasteiger partial charge in [-0.05, 0) is 24.6 Å². The molecule has 1 rings (SSSR count). The van der Waals surface area contributed by atoms with Crippen LogP contribution in [0.3, 0.4) is 0 Å². The van der Waals surface area contributed by atoms with Gasteiger partial charge in [-0.15, -0.1) is 0 Å². The van der Waals surface area contributed by atoms with Crippen molar-refractivity contribution in [2.45, 2.75) is 19.8 Å². The summed E-state index contributed by atoms with van der Waals surface area (Å²) < 4.78 is 9.85. The number of hydrogen-bond acceptors (Lipinski definition) is 4. The average molecular weight is 265 g/mol. The fourth-order valence-electron chi connectivity index (χ4n) is 1.57. The molecule has 19 heavy (non-hydrogen) atoms. The summed E-state index contributed by atoms with van der Waals surface area (Å²) in [6.07, 6.45) is 0.456. The Labute approximate surface area is 112 Å². The van der Waals surface area contributed by atoms with E-state index >= 15 is 0 Å². The molecule has 0 radical (unpaired) electrons. The first-order valence-corrected chi connectivity index (χ1v) is 6.21. The van der Waals surface area contributed by atoms with Crippen LogP contribution in [0.2, 0.25) is 0 Å². The van der Waals surface area contributed by atoms with E-state index in [1.54, 1.807) is 14.0 Å². The maximum Gasteiger partial charge on any atom is 0.307 e. The summed E-state index contributed by atoms with van der Waals surface area (Å²) in [5.41, 5.74) is 0.869. The first-order valence-electron chi connectivity index (χ1n) is 6.21. The molecule has 0 aliphatic carbocycles. The molecule has 1 aromatic carbocycles. The van der Waals surface area contributed by atoms with E-state index in [0.717, 1.165) is 11.3 Å². The third kappa shape index (κ3) is 5.90. The quantitative estimate of drug-likeness (QED) is 0.755. The van der Waals surface area contributed by atoms with Gasteiger partial charge in [0.25, 0.3) is 0 Å². The Balaban J connectivity index is 2.32. The van der Waals surface area contributed by atoms with Crippen LogP contribution in [0.1, 0.15) is 18.9 Å². The summed E-state index contributed by atoms with van der Waals surface area (Å²) in [7, 11) is 1.58. The smallest absolute Gasteiger partial charge is 0.307 e. The summed E-state index contributed by atoms with van der Waals surface area (Å²) >= 11 is 0. The Morgan fingerprint density at radius 1 is 1.32 bits per heavy atom. The molecule has 0 bridgehead atoms. The standard InChI is InChI=1S/C14H19NO4/c1-3-19-14(17)7-8-15-13(16)10-11-5-4-6-12(9-11)18-2/h4-6,9H,3,7-8,10H2,1-2H3,(H,15,16). The van der Waals surface area contributed by atoms with Gasteiger partial charge >= 0.3 is 5.97 Å². The van der Waals surface area contributed by atoms with Crippen molar-refractivity contribution in [3.63, 3.8) is 0 Å². The Morgan fingerprint density at radius 2 is 2.11 bits per heavy atom. The molecule has 1 N–H and O–H groups in total. The summed E-state index contributed by atoms with van der Waals surface area (Å²) in [4.78, 5) is 22.7. The molecule has 0 atom stereocenters. The van der Waals surface area contributed by atoms with Gasteiger partial charge in [0.15, 0.2) is 0 Å². The van der Waals surface area contributed by atoms with Gasteiger partial charge in [-0.25, -0.2) is 0 Å². The van der Waals surface area contributed by atoms with Gasteiger partial charge in [-0.1, -0.05) is 12.1 Å². The molecule has 5 nitrogen and oxygen atoms in total. The Morgan fingerprint density at radius 3 is 2.79 bits per heavy atom. The molecule has 0 spiro atoms. The number of methoxy groups -OCH3 is 1. The largest absolute Gasteiger partial charge is 0.497 e. The Bertz CT molecular complexity index is 431. The molecule has 0 saturated heterocycles. The van der Waals surface area contributed by atoms with Crippen molar-refractivity contribution in [3.05, 3.63) is 29.8 Å². The van der Waals surface area contributed by atoms with Gasteiger partial charge in [0, 0.05) is 6.54 Å². The number of amides is 1. The molecule has 0 aliphatic heterocycles. The second kappa shape index (κ2) is 8.13. The van der Waals surface area contributed by atoms with Crippen molar-refractivity contribution < 1.29 is 19.1 Å². The number of nitrogens with one attached hydrogen (secondary N) is 1. The van der Waals surface area contributed by atoms with Crippen molar-refractivity contribution in [2.75, 3.05) is 20.3 Å². The van der Waals surface area contributed by atoms with E-state index in [1.165, 1.54) is 0 Å². The lowest BCUT2D eigenvalue weighted by molar-refractivity contribution is -0.143. The monoisotopic (exact) mass is 265 g/mol. The van der Waals surface area contributed by atoms with Crippen LogP contribution in [0.25, 0.3) is 0 Å². The van der Waals surface area contributed by atoms with Gasteiger partial charge in [0.1, 0.15) is 5.75 Å². The van der Waals surface area contributed by atoms with Crippen molar-refractivity contribution in [1.29, 1.82) is 0 Å². The number of esters is 1. The lowest BCUT2D eigenvalue weighted by Gasteiger charge is -2.06. The maximum absolute atomic E-state index is 11.6. The lowest BCUT2D eigenvalue weighted by atomic mass is 10.1. The van der Waals surface area contributed by atoms with Gasteiger partial charge in [-0.3, -0.25) is 9.59 Å². The number of rotatable bonds is 7. The number of ether oxygens (including phenoxy) is 2. The zero-order valence-corrected chi connectivity index (χ0v) is 11.3. The van der Waals surface area contributed by atoms with Gasteiger partial charge in [-0.2, -0.15) is 0 Å². The normalized spacial score (nSPS) is 9.79. The fourth-order valence-corrected chi connectivity index (χ4v) is 1.57. The van der Waals surface area contributed by atoms with Crippen LogP contribution in [-0.2, 0) is 20.7 Å². The number of benzene rings is 1. The zero-order chi connectivity index (χ0) is 14.1. The zero-order valence-electron chi connectivity index (χ0n) is 11.3. The molecular weight excluding hydrogens is 246 g/mol. The van der Waals surface area contributed by atoms with Crippen LogP contribution in [0.4, 0.5) is 0 Å². The van der Waals surface area contributed by atoms with Crippen LogP contribution >= 0.6 is 0 Å². The summed E-state index contributed by atoms with van der Waals surface area (Å²) in [5.74, 6) is 0.290. The molecule has 104 valence electrons. The topological polar surface area (TPSA) is 64.6 Å². The number of hydrogen-bond donors (Lipinski definition) is 1. The molecule has 0 fully saturated rings. The SMILES string of the molecule is CCOC(=O)CCNC(=O)Cc1cccc(OC)c1. The minimum absolute atomic E-state index is 0.127. The van der Waals surface area contributed by atoms with Crippen LogP contribution in [0.5, 0.6) is 5.75 Å². The van der Waals surface area contributed by atoms with Crippen molar-refractivity contribution in [2.24, 2.45) is 0 Å². The predicted octanol–water partition coefficient (Wildman–Crippen LogP) is 1.31. The molecule has 5 heteroatoms. The average Bonchev–Trinajstić information content (AvgIpc) is 2.39. The van der Waals surface area contributed by atoms with E-state index in [0.29, 0.717) is 13.2 Å². The van der Waals surface area contributed by atoms with Gasteiger partial charge < -0.3 is 14.8 Å². The summed E-state index contributed by atoms with van der Waals surface area (Å²) in [6, 6.07) is 7.32. The first-order chi connectivity index (χ1) is 9.15. The van der Waals surface area contributed by atoms with E-state index in [4.69, 9.17) is 9.47 Å². The van der Waals surface area contributed by atoms with E-state index in [1.807, 2.05) is 24.3 Å². The number of carbonyl (C=O) groups is 2. The van der Waals surface area contributed by atoms with Crippen molar-refractivity contribution in [3.8, 4) is 5.75 Å². The molecule has 1 amide bonds. The van der Waals surface area contributed by atoms with Crippen molar-refractivity contribution in [1.82, 2.24) is 5.32 Å². The Kier molecular flexibility index (Phi) is 6.43. The summed E-state index contributed by atoms with van der Waals surface area (Å²) in [6.45, 7) is 2.40. The van der Waals surface area contributed by atoms with E-state index in [2.05, 4.69) is 5.32 Å². The van der Waals surface area contributed by atoms with Gasteiger partial charge in [0.05, 0.1) is 26.6 Å². The maximum atomic E-state index is 11.6. The first kappa shape index (κ1) is 15.0. The third-order valence-corrected chi connectivity index (χ3v) is 2.46. The molecule has 0 aromatic heterocycles. The Hall–Kier alpha value is -2.04. The van der Waals surface area contributed by atoms with Crippen LogP contribution in [0.15, 0.2) is 24.3 Å². The van der Waals surface area contributed by atoms with Crippen LogP contribution in [0, 0.1) is 0 Å². The van der Waals surface area contributed by atoms with Crippen LogP contribution in [-0.4, -0.2) is 32.1 Å². The third-order valence-electron chi connectivity index (χ3n) is 2.46. The molecular formula is C14H19NO4. The lowest BCUT2D eigenvalue weighted by Crippen LogP contribution is -2.27. The highest BCUT2D eigenvalue weighted by molar-refractivity contribution is 5.79. The second-order valence-corrected chi connectivity index (χ2v) is 3.93. The van der Waals surface area contributed by atoms with E-state index in [-0.39, 0.29) is 24.7 Å². The number of carbonyl (C=O) groups excluding carboxylic acids is 2. The highest BCUT2D eigenvalue weighted by atomic mass is 16.5. The van der Waals surface area contributed by atoms with Crippen molar-refractivity contribution >= 4 is 11.9 Å². The highest BCUT2D eigenvalue weighted by Crippen LogP contribution is 2.12. The molecule has 0 heterocycles. The van der Waals surface area contributed by atoms with E-state index < -0.39 is 0 Å². The molecule has 0 saturated carbocycles. The van der Waals surface area contributed by atoms with Crippen LogP contribution < -0.4 is 10.1 Å². The predicted molar refractivity (Wildman–Crippen MR) is 71.0 cm³/mol.